The number of benzene rings is 1. The Morgan fingerprint density at radius 3 is 2.54 bits per heavy atom. The quantitative estimate of drug-likeness (QED) is 0.747. The van der Waals surface area contributed by atoms with Gasteiger partial charge in [0.2, 0.25) is 0 Å². The molecule has 0 saturated carbocycles. The number of hydrogen-bond acceptors (Lipinski definition) is 1. The number of anilines is 1. The van der Waals surface area contributed by atoms with Gasteiger partial charge in [-0.1, -0.05) is 18.2 Å². The van der Waals surface area contributed by atoms with E-state index in [0.717, 1.165) is 0 Å². The van der Waals surface area contributed by atoms with Crippen LogP contribution in [0.25, 0.3) is 0 Å². The van der Waals surface area contributed by atoms with Gasteiger partial charge in [-0.2, -0.15) is 0 Å². The van der Waals surface area contributed by atoms with Crippen LogP contribution in [0, 0.1) is 0 Å². The van der Waals surface area contributed by atoms with Crippen LogP contribution in [0.1, 0.15) is 12.0 Å². The van der Waals surface area contributed by atoms with E-state index in [-0.39, 0.29) is 11.3 Å². The van der Waals surface area contributed by atoms with Crippen molar-refractivity contribution in [2.75, 3.05) is 5.32 Å². The average molecular weight is 187 g/mol. The van der Waals surface area contributed by atoms with Crippen LogP contribution >= 0.6 is 0 Å². The van der Waals surface area contributed by atoms with E-state index in [2.05, 4.69) is 0 Å². The minimum absolute atomic E-state index is 0.0787. The molecule has 0 unspecified atom stereocenters. The molecule has 2 N–H and O–H groups in total. The van der Waals surface area contributed by atoms with E-state index in [4.69, 9.17) is 5.11 Å². The van der Waals surface area contributed by atoms with Crippen molar-refractivity contribution in [1.82, 2.24) is 0 Å². The van der Waals surface area contributed by atoms with Crippen LogP contribution in [-0.2, 0) is 0 Å². The fraction of sp³-hybridized carbons (Fsp3) is 0.125. The van der Waals surface area contributed by atoms with E-state index in [0.29, 0.717) is 0 Å². The molecule has 0 atom stereocenters. The first-order valence-electron chi connectivity index (χ1n) is 3.48. The van der Waals surface area contributed by atoms with Crippen molar-refractivity contribution in [3.05, 3.63) is 29.8 Å². The molecule has 0 radical (unpaired) electrons. The summed E-state index contributed by atoms with van der Waals surface area (Å²) in [7, 11) is 0. The van der Waals surface area contributed by atoms with Crippen LogP contribution in [0.4, 0.5) is 19.3 Å². The summed E-state index contributed by atoms with van der Waals surface area (Å²) in [4.78, 5) is 10.2. The molecule has 0 fully saturated rings. The molecule has 13 heavy (non-hydrogen) atoms. The number of para-hydroxylation sites is 1. The molecular formula is C8H7F2NO2. The van der Waals surface area contributed by atoms with Crippen LogP contribution < -0.4 is 5.32 Å². The lowest BCUT2D eigenvalue weighted by Crippen LogP contribution is -2.09. The second kappa shape index (κ2) is 3.84. The number of hydrogen-bond donors (Lipinski definition) is 2. The van der Waals surface area contributed by atoms with Gasteiger partial charge in [-0.25, -0.2) is 13.6 Å². The summed E-state index contributed by atoms with van der Waals surface area (Å²) in [5.74, 6) is 0. The van der Waals surface area contributed by atoms with E-state index in [1.807, 2.05) is 5.32 Å². The Balaban J connectivity index is 2.97. The normalized spacial score (nSPS) is 10.1. The smallest absolute Gasteiger partial charge is 0.409 e. The van der Waals surface area contributed by atoms with Gasteiger partial charge in [0, 0.05) is 5.56 Å². The van der Waals surface area contributed by atoms with E-state index in [9.17, 15) is 13.6 Å². The predicted octanol–water partition coefficient (Wildman–Crippen LogP) is 2.71. The highest BCUT2D eigenvalue weighted by atomic mass is 19.3. The first kappa shape index (κ1) is 9.44. The fourth-order valence-electron chi connectivity index (χ4n) is 0.916. The van der Waals surface area contributed by atoms with Crippen LogP contribution in [0.3, 0.4) is 0 Å². The van der Waals surface area contributed by atoms with Crippen LogP contribution in [0.15, 0.2) is 24.3 Å². The number of alkyl halides is 2. The largest absolute Gasteiger partial charge is 0.465 e. The summed E-state index contributed by atoms with van der Waals surface area (Å²) in [6, 6.07) is 5.37. The summed E-state index contributed by atoms with van der Waals surface area (Å²) in [5.41, 5.74) is -0.394. The number of carboxylic acid groups (broad SMARTS) is 1. The lowest BCUT2D eigenvalue weighted by atomic mass is 10.2. The highest BCUT2D eigenvalue weighted by Gasteiger charge is 2.12. The summed E-state index contributed by atoms with van der Waals surface area (Å²) in [5, 5.41) is 10.2. The molecule has 0 aromatic heterocycles. The van der Waals surface area contributed by atoms with Gasteiger partial charge < -0.3 is 5.11 Å². The summed E-state index contributed by atoms with van der Waals surface area (Å²) < 4.78 is 24.5. The molecule has 0 spiro atoms. The first-order chi connectivity index (χ1) is 6.11. The molecule has 1 rings (SSSR count). The molecule has 0 saturated heterocycles. The molecule has 1 aromatic rings. The molecule has 0 aliphatic heterocycles. The van der Waals surface area contributed by atoms with E-state index in [1.165, 1.54) is 24.3 Å². The van der Waals surface area contributed by atoms with E-state index >= 15 is 0 Å². The lowest BCUT2D eigenvalue weighted by Gasteiger charge is -2.06. The summed E-state index contributed by atoms with van der Waals surface area (Å²) >= 11 is 0. The minimum Gasteiger partial charge on any atom is -0.465 e. The molecule has 0 aliphatic carbocycles. The summed E-state index contributed by atoms with van der Waals surface area (Å²) in [6.07, 6.45) is -4.03. The predicted molar refractivity (Wildman–Crippen MR) is 43.0 cm³/mol. The maximum absolute atomic E-state index is 12.2. The van der Waals surface area contributed by atoms with E-state index < -0.39 is 12.5 Å². The monoisotopic (exact) mass is 187 g/mol. The molecule has 3 nitrogen and oxygen atoms in total. The van der Waals surface area contributed by atoms with Crippen LogP contribution in [-0.4, -0.2) is 11.2 Å². The van der Waals surface area contributed by atoms with Crippen molar-refractivity contribution >= 4 is 11.8 Å². The minimum atomic E-state index is -2.68. The van der Waals surface area contributed by atoms with Gasteiger partial charge in [-0.05, 0) is 6.07 Å². The van der Waals surface area contributed by atoms with Gasteiger partial charge in [-0.15, -0.1) is 0 Å². The Morgan fingerprint density at radius 1 is 1.38 bits per heavy atom. The molecule has 70 valence electrons. The molecular weight excluding hydrogens is 180 g/mol. The Hall–Kier alpha value is -1.65. The number of carbonyl (C=O) groups is 1. The van der Waals surface area contributed by atoms with Crippen LogP contribution in [0.2, 0.25) is 0 Å². The van der Waals surface area contributed by atoms with Crippen LogP contribution in [0.5, 0.6) is 0 Å². The van der Waals surface area contributed by atoms with Crippen molar-refractivity contribution in [2.45, 2.75) is 6.43 Å². The van der Waals surface area contributed by atoms with Crippen molar-refractivity contribution in [3.8, 4) is 0 Å². The molecule has 1 amide bonds. The molecule has 0 heterocycles. The number of rotatable bonds is 2. The van der Waals surface area contributed by atoms with Crippen molar-refractivity contribution < 1.29 is 18.7 Å². The van der Waals surface area contributed by atoms with Gasteiger partial charge >= 0.3 is 6.09 Å². The molecule has 0 aliphatic rings. The molecule has 0 bridgehead atoms. The maximum Gasteiger partial charge on any atom is 0.409 e. The van der Waals surface area contributed by atoms with E-state index in [1.54, 1.807) is 0 Å². The highest BCUT2D eigenvalue weighted by Crippen LogP contribution is 2.26. The van der Waals surface area contributed by atoms with Crippen molar-refractivity contribution in [1.29, 1.82) is 0 Å². The molecule has 1 aromatic carbocycles. The standard InChI is InChI=1S/C8H7F2NO2/c9-7(10)5-3-1-2-4-6(5)11-8(12)13/h1-4,7,11H,(H,12,13). The lowest BCUT2D eigenvalue weighted by molar-refractivity contribution is 0.152. The second-order valence-corrected chi connectivity index (χ2v) is 2.32. The highest BCUT2D eigenvalue weighted by molar-refractivity contribution is 5.84. The third kappa shape index (κ3) is 2.40. The maximum atomic E-state index is 12.2. The fourth-order valence-corrected chi connectivity index (χ4v) is 0.916. The van der Waals surface area contributed by atoms with Gasteiger partial charge in [0.15, 0.2) is 0 Å². The zero-order valence-corrected chi connectivity index (χ0v) is 6.50. The Kier molecular flexibility index (Phi) is 2.79. The van der Waals surface area contributed by atoms with Gasteiger partial charge in [-0.3, -0.25) is 5.32 Å². The second-order valence-electron chi connectivity index (χ2n) is 2.32. The number of nitrogens with one attached hydrogen (secondary N) is 1. The van der Waals surface area contributed by atoms with Gasteiger partial charge in [0.1, 0.15) is 0 Å². The third-order valence-electron chi connectivity index (χ3n) is 1.44. The number of amides is 1. The Morgan fingerprint density at radius 2 is 2.00 bits per heavy atom. The van der Waals surface area contributed by atoms with Crippen molar-refractivity contribution in [3.63, 3.8) is 0 Å². The average Bonchev–Trinajstić information content (AvgIpc) is 2.03. The summed E-state index contributed by atoms with van der Waals surface area (Å²) in [6.45, 7) is 0. The SMILES string of the molecule is O=C(O)Nc1ccccc1C(F)F. The number of halogens is 2. The third-order valence-corrected chi connectivity index (χ3v) is 1.44. The van der Waals surface area contributed by atoms with Gasteiger partial charge in [0.25, 0.3) is 6.43 Å². The zero-order valence-electron chi connectivity index (χ0n) is 6.50. The zero-order chi connectivity index (χ0) is 9.84. The van der Waals surface area contributed by atoms with Gasteiger partial charge in [0.05, 0.1) is 5.69 Å². The topological polar surface area (TPSA) is 49.3 Å². The Bertz CT molecular complexity index is 315. The Labute approximate surface area is 73.0 Å². The van der Waals surface area contributed by atoms with Crippen molar-refractivity contribution in [2.24, 2.45) is 0 Å². The first-order valence-corrected chi connectivity index (χ1v) is 3.48. The molecule has 5 heteroatoms.